The third kappa shape index (κ3) is 3.94. The Labute approximate surface area is 124 Å². The first kappa shape index (κ1) is 16.2. The first-order valence-electron chi connectivity index (χ1n) is 8.45. The summed E-state index contributed by atoms with van der Waals surface area (Å²) in [6, 6.07) is 0. The summed E-state index contributed by atoms with van der Waals surface area (Å²) in [4.78, 5) is 5.09. The number of likely N-dealkylation sites (tertiary alicyclic amines) is 1. The van der Waals surface area contributed by atoms with E-state index in [1.165, 1.54) is 58.2 Å². The SMILES string of the molecule is CCCN1CCC(CN)(N(C)CC2CCCCO2)CC1. The molecule has 2 N–H and O–H groups in total. The average molecular weight is 283 g/mol. The van der Waals surface area contributed by atoms with E-state index in [4.69, 9.17) is 10.5 Å². The first-order chi connectivity index (χ1) is 9.70. The molecule has 1 atom stereocenters. The lowest BCUT2D eigenvalue weighted by Crippen LogP contribution is -2.59. The lowest BCUT2D eigenvalue weighted by atomic mass is 9.85. The van der Waals surface area contributed by atoms with Gasteiger partial charge in [0, 0.05) is 25.2 Å². The van der Waals surface area contributed by atoms with E-state index in [0.717, 1.165) is 19.7 Å². The standard InChI is InChI=1S/C16H33N3O/c1-3-9-19-10-7-16(14-17,8-11-19)18(2)13-15-6-4-5-12-20-15/h15H,3-14,17H2,1-2H3. The van der Waals surface area contributed by atoms with Gasteiger partial charge in [-0.15, -0.1) is 0 Å². The van der Waals surface area contributed by atoms with Crippen LogP contribution in [0.15, 0.2) is 0 Å². The summed E-state index contributed by atoms with van der Waals surface area (Å²) in [5.41, 5.74) is 6.36. The monoisotopic (exact) mass is 283 g/mol. The molecule has 0 aromatic heterocycles. The van der Waals surface area contributed by atoms with Crippen LogP contribution in [-0.2, 0) is 4.74 Å². The third-order valence-corrected chi connectivity index (χ3v) is 5.27. The van der Waals surface area contributed by atoms with E-state index in [0.29, 0.717) is 6.10 Å². The molecule has 0 aliphatic carbocycles. The Balaban J connectivity index is 1.86. The maximum absolute atomic E-state index is 6.16. The number of hydrogen-bond acceptors (Lipinski definition) is 4. The molecule has 0 amide bonds. The summed E-state index contributed by atoms with van der Waals surface area (Å²) in [6.45, 7) is 8.65. The van der Waals surface area contributed by atoms with Gasteiger partial charge < -0.3 is 15.4 Å². The Morgan fingerprint density at radius 1 is 1.30 bits per heavy atom. The van der Waals surface area contributed by atoms with Gasteiger partial charge in [-0.05, 0) is 65.2 Å². The van der Waals surface area contributed by atoms with E-state index in [1.807, 2.05) is 0 Å². The number of nitrogens with two attached hydrogens (primary N) is 1. The van der Waals surface area contributed by atoms with E-state index in [9.17, 15) is 0 Å². The van der Waals surface area contributed by atoms with Crippen LogP contribution < -0.4 is 5.73 Å². The van der Waals surface area contributed by atoms with E-state index < -0.39 is 0 Å². The highest BCUT2D eigenvalue weighted by molar-refractivity contribution is 4.96. The summed E-state index contributed by atoms with van der Waals surface area (Å²) < 4.78 is 5.90. The summed E-state index contributed by atoms with van der Waals surface area (Å²) in [6.07, 6.45) is 7.84. The molecule has 2 fully saturated rings. The maximum Gasteiger partial charge on any atom is 0.0702 e. The van der Waals surface area contributed by atoms with E-state index in [2.05, 4.69) is 23.8 Å². The Kier molecular flexibility index (Phi) is 6.27. The van der Waals surface area contributed by atoms with Crippen LogP contribution in [0, 0.1) is 0 Å². The van der Waals surface area contributed by atoms with Crippen LogP contribution in [0.2, 0.25) is 0 Å². The summed E-state index contributed by atoms with van der Waals surface area (Å²) >= 11 is 0. The molecule has 0 aromatic carbocycles. The minimum atomic E-state index is 0.199. The van der Waals surface area contributed by atoms with Crippen LogP contribution in [0.5, 0.6) is 0 Å². The van der Waals surface area contributed by atoms with Crippen LogP contribution in [0.3, 0.4) is 0 Å². The lowest BCUT2D eigenvalue weighted by molar-refractivity contribution is -0.0357. The Bertz CT molecular complexity index is 271. The molecule has 20 heavy (non-hydrogen) atoms. The normalized spacial score (nSPS) is 27.9. The topological polar surface area (TPSA) is 41.7 Å². The zero-order chi connectivity index (χ0) is 14.4. The second-order valence-corrected chi connectivity index (χ2v) is 6.64. The molecule has 2 saturated heterocycles. The lowest BCUT2D eigenvalue weighted by Gasteiger charge is -2.48. The van der Waals surface area contributed by atoms with Gasteiger partial charge in [-0.1, -0.05) is 6.92 Å². The molecule has 0 aromatic rings. The molecule has 118 valence electrons. The van der Waals surface area contributed by atoms with Crippen molar-refractivity contribution in [1.29, 1.82) is 0 Å². The molecular formula is C16H33N3O. The first-order valence-corrected chi connectivity index (χ1v) is 8.45. The smallest absolute Gasteiger partial charge is 0.0702 e. The fraction of sp³-hybridized carbons (Fsp3) is 1.00. The Morgan fingerprint density at radius 3 is 2.60 bits per heavy atom. The van der Waals surface area contributed by atoms with Crippen molar-refractivity contribution in [3.63, 3.8) is 0 Å². The van der Waals surface area contributed by atoms with Crippen molar-refractivity contribution in [1.82, 2.24) is 9.80 Å². The number of ether oxygens (including phenoxy) is 1. The van der Waals surface area contributed by atoms with Crippen LogP contribution in [0.25, 0.3) is 0 Å². The number of rotatable bonds is 6. The van der Waals surface area contributed by atoms with Gasteiger partial charge in [0.05, 0.1) is 6.10 Å². The van der Waals surface area contributed by atoms with Gasteiger partial charge in [0.1, 0.15) is 0 Å². The highest BCUT2D eigenvalue weighted by Crippen LogP contribution is 2.28. The third-order valence-electron chi connectivity index (χ3n) is 5.27. The number of likely N-dealkylation sites (N-methyl/N-ethyl adjacent to an activating group) is 1. The molecule has 2 heterocycles. The molecule has 4 nitrogen and oxygen atoms in total. The molecule has 2 rings (SSSR count). The highest BCUT2D eigenvalue weighted by Gasteiger charge is 2.37. The predicted molar refractivity (Wildman–Crippen MR) is 84.0 cm³/mol. The Hall–Kier alpha value is -0.160. The second-order valence-electron chi connectivity index (χ2n) is 6.64. The van der Waals surface area contributed by atoms with Crippen molar-refractivity contribution in [2.24, 2.45) is 5.73 Å². The molecule has 2 aliphatic rings. The fourth-order valence-electron chi connectivity index (χ4n) is 3.70. The van der Waals surface area contributed by atoms with Gasteiger partial charge in [0.25, 0.3) is 0 Å². The van der Waals surface area contributed by atoms with Crippen LogP contribution in [0.1, 0.15) is 45.4 Å². The Morgan fingerprint density at radius 2 is 2.05 bits per heavy atom. The van der Waals surface area contributed by atoms with Crippen molar-refractivity contribution >= 4 is 0 Å². The molecule has 2 aliphatic heterocycles. The molecule has 0 radical (unpaired) electrons. The largest absolute Gasteiger partial charge is 0.377 e. The van der Waals surface area contributed by atoms with Gasteiger partial charge in [0.15, 0.2) is 0 Å². The minimum absolute atomic E-state index is 0.199. The number of nitrogens with zero attached hydrogens (tertiary/aromatic N) is 2. The van der Waals surface area contributed by atoms with Crippen molar-refractivity contribution < 1.29 is 4.74 Å². The van der Waals surface area contributed by atoms with Gasteiger partial charge in [-0.2, -0.15) is 0 Å². The molecule has 4 heteroatoms. The van der Waals surface area contributed by atoms with Crippen molar-refractivity contribution in [2.75, 3.05) is 46.4 Å². The summed E-state index contributed by atoms with van der Waals surface area (Å²) in [7, 11) is 2.25. The number of hydrogen-bond donors (Lipinski definition) is 1. The highest BCUT2D eigenvalue weighted by atomic mass is 16.5. The summed E-state index contributed by atoms with van der Waals surface area (Å²) in [5.74, 6) is 0. The maximum atomic E-state index is 6.16. The van der Waals surface area contributed by atoms with E-state index in [-0.39, 0.29) is 5.54 Å². The molecule has 0 bridgehead atoms. The van der Waals surface area contributed by atoms with Gasteiger partial charge >= 0.3 is 0 Å². The van der Waals surface area contributed by atoms with E-state index in [1.54, 1.807) is 0 Å². The van der Waals surface area contributed by atoms with Crippen LogP contribution >= 0.6 is 0 Å². The van der Waals surface area contributed by atoms with Gasteiger partial charge in [-0.25, -0.2) is 0 Å². The molecule has 1 unspecified atom stereocenters. The zero-order valence-electron chi connectivity index (χ0n) is 13.4. The van der Waals surface area contributed by atoms with Crippen LogP contribution in [-0.4, -0.2) is 67.8 Å². The average Bonchev–Trinajstić information content (AvgIpc) is 2.49. The number of piperidine rings is 1. The van der Waals surface area contributed by atoms with Gasteiger partial charge in [0.2, 0.25) is 0 Å². The van der Waals surface area contributed by atoms with Crippen molar-refractivity contribution in [3.8, 4) is 0 Å². The minimum Gasteiger partial charge on any atom is -0.377 e. The van der Waals surface area contributed by atoms with Crippen LogP contribution in [0.4, 0.5) is 0 Å². The fourth-order valence-corrected chi connectivity index (χ4v) is 3.70. The zero-order valence-corrected chi connectivity index (χ0v) is 13.4. The quantitative estimate of drug-likeness (QED) is 0.805. The predicted octanol–water partition coefficient (Wildman–Crippen LogP) is 1.69. The van der Waals surface area contributed by atoms with Crippen molar-refractivity contribution in [3.05, 3.63) is 0 Å². The van der Waals surface area contributed by atoms with Gasteiger partial charge in [-0.3, -0.25) is 4.90 Å². The summed E-state index contributed by atoms with van der Waals surface area (Å²) in [5, 5.41) is 0. The second kappa shape index (κ2) is 7.74. The van der Waals surface area contributed by atoms with Crippen molar-refractivity contribution in [2.45, 2.75) is 57.1 Å². The molecular weight excluding hydrogens is 250 g/mol. The molecule has 0 spiro atoms. The molecule has 0 saturated carbocycles. The van der Waals surface area contributed by atoms with E-state index >= 15 is 0 Å².